The number of piperidine rings is 1. The van der Waals surface area contributed by atoms with Crippen molar-refractivity contribution in [1.82, 2.24) is 14.0 Å². The number of ether oxygens (including phenoxy) is 1. The van der Waals surface area contributed by atoms with E-state index in [0.29, 0.717) is 36.8 Å². The number of benzene rings is 1. The normalized spacial score (nSPS) is 16.6. The summed E-state index contributed by atoms with van der Waals surface area (Å²) in [5, 5.41) is 4.51. The Morgan fingerprint density at radius 3 is 2.48 bits per heavy atom. The van der Waals surface area contributed by atoms with Crippen molar-refractivity contribution in [2.75, 3.05) is 18.8 Å². The molecule has 2 N–H and O–H groups in total. The van der Waals surface area contributed by atoms with Crippen LogP contribution in [0.1, 0.15) is 45.2 Å². The van der Waals surface area contributed by atoms with Gasteiger partial charge >= 0.3 is 6.09 Å². The van der Waals surface area contributed by atoms with Crippen LogP contribution in [0.3, 0.4) is 0 Å². The molecule has 0 atom stereocenters. The number of carbonyl (C=O) groups is 1. The molecule has 1 aromatic carbocycles. The molecule has 0 aliphatic carbocycles. The summed E-state index contributed by atoms with van der Waals surface area (Å²) < 4.78 is 40.1. The summed E-state index contributed by atoms with van der Waals surface area (Å²) in [6.45, 7) is 5.83. The molecule has 3 aromatic rings. The van der Waals surface area contributed by atoms with Gasteiger partial charge in [-0.15, -0.1) is 0 Å². The van der Waals surface area contributed by atoms with Crippen LogP contribution in [-0.2, 0) is 14.8 Å². The van der Waals surface area contributed by atoms with Crippen molar-refractivity contribution >= 4 is 32.9 Å². The Labute approximate surface area is 180 Å². The number of anilines is 1. The number of sulfonamides is 1. The fourth-order valence-electron chi connectivity index (χ4n) is 3.84. The van der Waals surface area contributed by atoms with Gasteiger partial charge < -0.3 is 15.0 Å². The highest BCUT2D eigenvalue weighted by Crippen LogP contribution is 2.33. The fourth-order valence-corrected chi connectivity index (χ4v) is 5.47. The summed E-state index contributed by atoms with van der Waals surface area (Å²) in [7, 11) is -3.93. The molecule has 0 saturated carbocycles. The maximum atomic E-state index is 13.5. The number of rotatable bonds is 3. The quantitative estimate of drug-likeness (QED) is 0.653. The van der Waals surface area contributed by atoms with Crippen molar-refractivity contribution in [2.24, 2.45) is 0 Å². The van der Waals surface area contributed by atoms with Gasteiger partial charge in [-0.05, 0) is 45.7 Å². The Balaban J connectivity index is 1.66. The van der Waals surface area contributed by atoms with Crippen molar-refractivity contribution < 1.29 is 22.5 Å². The molecule has 1 fully saturated rings. The van der Waals surface area contributed by atoms with Crippen LogP contribution in [0.15, 0.2) is 45.9 Å². The zero-order chi connectivity index (χ0) is 22.4. The number of hydrogen-bond donors (Lipinski definition) is 1. The highest BCUT2D eigenvalue weighted by atomic mass is 32.2. The molecule has 0 radical (unpaired) electrons. The number of nitrogens with two attached hydrogens (primary N) is 1. The van der Waals surface area contributed by atoms with Gasteiger partial charge in [0.25, 0.3) is 10.0 Å². The summed E-state index contributed by atoms with van der Waals surface area (Å²) in [5.74, 6) is 0.316. The molecule has 9 nitrogen and oxygen atoms in total. The molecule has 4 rings (SSSR count). The molecule has 0 amide bonds. The Morgan fingerprint density at radius 2 is 1.87 bits per heavy atom. The molecule has 0 bridgehead atoms. The summed E-state index contributed by atoms with van der Waals surface area (Å²) in [4.78, 5) is 13.0. The van der Waals surface area contributed by atoms with Crippen LogP contribution in [0.5, 0.6) is 0 Å². The minimum atomic E-state index is -3.93. The maximum absolute atomic E-state index is 13.5. The lowest BCUT2D eigenvalue weighted by molar-refractivity contribution is 0.0529. The lowest BCUT2D eigenvalue weighted by Gasteiger charge is -2.30. The van der Waals surface area contributed by atoms with Gasteiger partial charge in [-0.3, -0.25) is 0 Å². The molecule has 31 heavy (non-hydrogen) atoms. The first-order valence-electron chi connectivity index (χ1n) is 10.1. The monoisotopic (exact) mass is 446 g/mol. The Morgan fingerprint density at radius 1 is 1.19 bits per heavy atom. The number of nitrogen functional groups attached to an aromatic ring is 1. The van der Waals surface area contributed by atoms with Crippen molar-refractivity contribution in [3.63, 3.8) is 0 Å². The number of aromatic nitrogens is 2. The minimum Gasteiger partial charge on any atom is -0.443 e. The van der Waals surface area contributed by atoms with Crippen molar-refractivity contribution in [3.05, 3.63) is 42.1 Å². The van der Waals surface area contributed by atoms with Gasteiger partial charge in [0.1, 0.15) is 5.60 Å². The van der Waals surface area contributed by atoms with E-state index >= 15 is 0 Å². The molecule has 0 unspecified atom stereocenters. The summed E-state index contributed by atoms with van der Waals surface area (Å²) in [6, 6.07) is 10.2. The molecule has 166 valence electrons. The molecule has 0 spiro atoms. The standard InChI is InChI=1S/C21H26N4O5S/c1-21(2,3)29-20(26)25-17-7-5-4-6-15(17)12-19(25)31(27,28)24-10-8-14(9-11-24)16-13-18(22)30-23-16/h4-7,12-14H,8-11,22H2,1-3H3. The second-order valence-corrected chi connectivity index (χ2v) is 10.6. The van der Waals surface area contributed by atoms with Crippen LogP contribution in [0.4, 0.5) is 10.7 Å². The average Bonchev–Trinajstić information content (AvgIpc) is 3.31. The van der Waals surface area contributed by atoms with Crippen molar-refractivity contribution in [2.45, 2.75) is 50.2 Å². The highest BCUT2D eigenvalue weighted by molar-refractivity contribution is 7.89. The van der Waals surface area contributed by atoms with Crippen molar-refractivity contribution in [1.29, 1.82) is 0 Å². The first-order chi connectivity index (χ1) is 14.6. The highest BCUT2D eigenvalue weighted by Gasteiger charge is 2.35. The smallest absolute Gasteiger partial charge is 0.420 e. The predicted octanol–water partition coefficient (Wildman–Crippen LogP) is 3.56. The van der Waals surface area contributed by atoms with Gasteiger partial charge in [0, 0.05) is 30.5 Å². The Kier molecular flexibility index (Phi) is 5.30. The average molecular weight is 447 g/mol. The van der Waals surface area contributed by atoms with E-state index in [1.807, 2.05) is 0 Å². The first-order valence-corrected chi connectivity index (χ1v) is 11.6. The fraction of sp³-hybridized carbons (Fsp3) is 0.429. The van der Waals surface area contributed by atoms with E-state index in [4.69, 9.17) is 15.0 Å². The number of fused-ring (bicyclic) bond motifs is 1. The Bertz CT molecular complexity index is 1210. The number of hydrogen-bond acceptors (Lipinski definition) is 7. The van der Waals surface area contributed by atoms with E-state index in [1.54, 1.807) is 51.1 Å². The third-order valence-electron chi connectivity index (χ3n) is 5.28. The third kappa shape index (κ3) is 4.17. The topological polar surface area (TPSA) is 121 Å². The SMILES string of the molecule is CC(C)(C)OC(=O)n1c(S(=O)(=O)N2CCC(c3cc(N)on3)CC2)cc2ccccc21. The van der Waals surface area contributed by atoms with Gasteiger partial charge in [0.05, 0.1) is 11.2 Å². The van der Waals surface area contributed by atoms with E-state index in [-0.39, 0.29) is 16.8 Å². The van der Waals surface area contributed by atoms with Gasteiger partial charge in [0.2, 0.25) is 5.88 Å². The molecule has 1 aliphatic heterocycles. The van der Waals surface area contributed by atoms with E-state index in [1.165, 1.54) is 10.4 Å². The molecule has 3 heterocycles. The van der Waals surface area contributed by atoms with Crippen LogP contribution < -0.4 is 5.73 Å². The molecule has 2 aromatic heterocycles. The van der Waals surface area contributed by atoms with E-state index < -0.39 is 21.7 Å². The second-order valence-electron chi connectivity index (χ2n) is 8.69. The van der Waals surface area contributed by atoms with Crippen molar-refractivity contribution in [3.8, 4) is 0 Å². The zero-order valence-corrected chi connectivity index (χ0v) is 18.6. The number of carbonyl (C=O) groups excluding carboxylic acids is 1. The van der Waals surface area contributed by atoms with Crippen LogP contribution in [0.25, 0.3) is 10.9 Å². The van der Waals surface area contributed by atoms with Crippen LogP contribution >= 0.6 is 0 Å². The summed E-state index contributed by atoms with van der Waals surface area (Å²) in [5.41, 5.74) is 6.06. The summed E-state index contributed by atoms with van der Waals surface area (Å²) >= 11 is 0. The maximum Gasteiger partial charge on any atom is 0.420 e. The number of para-hydroxylation sites is 1. The molecular formula is C21H26N4O5S. The zero-order valence-electron chi connectivity index (χ0n) is 17.7. The van der Waals surface area contributed by atoms with E-state index in [0.717, 1.165) is 10.3 Å². The van der Waals surface area contributed by atoms with Gasteiger partial charge in [0.15, 0.2) is 5.03 Å². The molecule has 1 saturated heterocycles. The van der Waals surface area contributed by atoms with Gasteiger partial charge in [-0.25, -0.2) is 17.8 Å². The van der Waals surface area contributed by atoms with E-state index in [2.05, 4.69) is 5.16 Å². The van der Waals surface area contributed by atoms with E-state index in [9.17, 15) is 13.2 Å². The van der Waals surface area contributed by atoms with Gasteiger partial charge in [-0.2, -0.15) is 4.31 Å². The van der Waals surface area contributed by atoms with Crippen LogP contribution in [0, 0.1) is 0 Å². The third-order valence-corrected chi connectivity index (χ3v) is 7.15. The minimum absolute atomic E-state index is 0.0733. The second kappa shape index (κ2) is 7.69. The molecule has 1 aliphatic rings. The largest absolute Gasteiger partial charge is 0.443 e. The van der Waals surface area contributed by atoms with Crippen LogP contribution in [-0.4, -0.2) is 47.2 Å². The molecular weight excluding hydrogens is 420 g/mol. The number of nitrogens with zero attached hydrogens (tertiary/aromatic N) is 3. The van der Waals surface area contributed by atoms with Crippen LogP contribution in [0.2, 0.25) is 0 Å². The first kappa shape index (κ1) is 21.4. The lowest BCUT2D eigenvalue weighted by Crippen LogP contribution is -2.39. The molecule has 10 heteroatoms. The predicted molar refractivity (Wildman–Crippen MR) is 115 cm³/mol. The Hall–Kier alpha value is -2.85. The summed E-state index contributed by atoms with van der Waals surface area (Å²) in [6.07, 6.45) is 0.440. The van der Waals surface area contributed by atoms with Gasteiger partial charge in [-0.1, -0.05) is 23.4 Å². The lowest BCUT2D eigenvalue weighted by atomic mass is 9.95.